The maximum absolute atomic E-state index is 13.4. The number of hydrogen-bond acceptors (Lipinski definition) is 11. The van der Waals surface area contributed by atoms with E-state index in [-0.39, 0.29) is 48.4 Å². The van der Waals surface area contributed by atoms with Gasteiger partial charge in [-0.1, -0.05) is 18.2 Å². The molecule has 2 aliphatic rings. The molecule has 1 spiro atoms. The normalized spacial score (nSPS) is 13.3. The van der Waals surface area contributed by atoms with Crippen molar-refractivity contribution >= 4 is 51.8 Å². The number of carbonyl (C=O) groups excluding carboxylic acids is 3. The van der Waals surface area contributed by atoms with E-state index in [4.69, 9.17) is 35.9 Å². The number of rotatable bonds is 10. The first-order chi connectivity index (χ1) is 26.0. The summed E-state index contributed by atoms with van der Waals surface area (Å²) in [5.41, 5.74) is 1.66. The average molecular weight is 750 g/mol. The summed E-state index contributed by atoms with van der Waals surface area (Å²) in [6.45, 7) is 4.49. The summed E-state index contributed by atoms with van der Waals surface area (Å²) in [6, 6.07) is 24.7. The van der Waals surface area contributed by atoms with E-state index in [0.717, 1.165) is 10.8 Å². The molecule has 1 amide bonds. The summed E-state index contributed by atoms with van der Waals surface area (Å²) in [4.78, 5) is 37.9. The van der Waals surface area contributed by atoms with Gasteiger partial charge in [0.2, 0.25) is 0 Å². The first kappa shape index (κ1) is 36.0. The number of nitrogens with one attached hydrogen (secondary N) is 3. The van der Waals surface area contributed by atoms with Gasteiger partial charge in [0.25, 0.3) is 5.91 Å². The Morgan fingerprint density at radius 1 is 0.815 bits per heavy atom. The average Bonchev–Trinajstić information content (AvgIpc) is 3.41. The van der Waals surface area contributed by atoms with Crippen LogP contribution in [0.5, 0.6) is 28.7 Å². The van der Waals surface area contributed by atoms with Crippen LogP contribution in [0, 0.1) is 0 Å². The molecule has 5 aromatic rings. The summed E-state index contributed by atoms with van der Waals surface area (Å²) >= 11 is 5.44. The SMILES string of the molecule is CC(C)NC(=O)c1ccc2cc(OC(=O)OCCOCCNC(=S)Nc3ccc4c(c3)C(=O)OC43c4ccc(O)cc4Oc4cc(O)ccc43)ccc2c1. The van der Waals surface area contributed by atoms with Gasteiger partial charge >= 0.3 is 12.1 Å². The summed E-state index contributed by atoms with van der Waals surface area (Å²) in [5, 5.41) is 31.1. The van der Waals surface area contributed by atoms with Gasteiger partial charge in [0, 0.05) is 52.7 Å². The fraction of sp³-hybridized carbons (Fsp3) is 0.200. The molecule has 13 nitrogen and oxygen atoms in total. The van der Waals surface area contributed by atoms with E-state index < -0.39 is 17.7 Å². The minimum absolute atomic E-state index is 0.0250. The molecule has 2 heterocycles. The topological polar surface area (TPSA) is 174 Å². The van der Waals surface area contributed by atoms with E-state index in [0.29, 0.717) is 57.3 Å². The lowest BCUT2D eigenvalue weighted by Crippen LogP contribution is -2.33. The Balaban J connectivity index is 0.873. The van der Waals surface area contributed by atoms with Crippen LogP contribution in [-0.2, 0) is 19.8 Å². The molecular formula is C40H35N3O10S. The van der Waals surface area contributed by atoms with Crippen LogP contribution < -0.4 is 25.4 Å². The maximum atomic E-state index is 13.4. The minimum atomic E-state index is -1.36. The van der Waals surface area contributed by atoms with Gasteiger partial charge in [0.15, 0.2) is 10.7 Å². The smallest absolute Gasteiger partial charge is 0.508 e. The minimum Gasteiger partial charge on any atom is -0.508 e. The van der Waals surface area contributed by atoms with Gasteiger partial charge in [-0.2, -0.15) is 0 Å². The van der Waals surface area contributed by atoms with Crippen LogP contribution in [0.25, 0.3) is 10.8 Å². The Labute approximate surface area is 314 Å². The molecule has 54 heavy (non-hydrogen) atoms. The van der Waals surface area contributed by atoms with Crippen LogP contribution in [0.2, 0.25) is 0 Å². The predicted molar refractivity (Wildman–Crippen MR) is 202 cm³/mol. The highest BCUT2D eigenvalue weighted by molar-refractivity contribution is 7.80. The second kappa shape index (κ2) is 14.9. The second-order valence-corrected chi connectivity index (χ2v) is 13.2. The van der Waals surface area contributed by atoms with Crippen LogP contribution in [0.15, 0.2) is 91.0 Å². The van der Waals surface area contributed by atoms with Crippen molar-refractivity contribution in [3.8, 4) is 28.7 Å². The Morgan fingerprint density at radius 3 is 2.22 bits per heavy atom. The Kier molecular flexibility index (Phi) is 9.95. The number of phenolic OH excluding ortho intramolecular Hbond substituents is 2. The predicted octanol–water partition coefficient (Wildman–Crippen LogP) is 6.48. The third-order valence-electron chi connectivity index (χ3n) is 8.71. The molecule has 2 aliphatic heterocycles. The number of hydrogen-bond donors (Lipinski definition) is 5. The molecule has 0 saturated heterocycles. The third-order valence-corrected chi connectivity index (χ3v) is 8.95. The molecule has 276 valence electrons. The van der Waals surface area contributed by atoms with Gasteiger partial charge in [0.05, 0.1) is 18.8 Å². The van der Waals surface area contributed by atoms with Crippen LogP contribution in [0.1, 0.15) is 51.3 Å². The lowest BCUT2D eigenvalue weighted by molar-refractivity contribution is 0.0224. The van der Waals surface area contributed by atoms with Gasteiger partial charge in [-0.3, -0.25) is 4.79 Å². The summed E-state index contributed by atoms with van der Waals surface area (Å²) < 4.78 is 28.1. The van der Waals surface area contributed by atoms with Gasteiger partial charge in [-0.05, 0) is 97.5 Å². The summed E-state index contributed by atoms with van der Waals surface area (Å²) in [6.07, 6.45) is -0.873. The summed E-state index contributed by atoms with van der Waals surface area (Å²) in [5.74, 6) is 0.116. The number of fused-ring (bicyclic) bond motifs is 7. The van der Waals surface area contributed by atoms with Crippen molar-refractivity contribution in [1.82, 2.24) is 10.6 Å². The first-order valence-corrected chi connectivity index (χ1v) is 17.5. The molecular weight excluding hydrogens is 715 g/mol. The van der Waals surface area contributed by atoms with Gasteiger partial charge < -0.3 is 49.8 Å². The van der Waals surface area contributed by atoms with E-state index in [1.165, 1.54) is 24.3 Å². The third kappa shape index (κ3) is 7.29. The molecule has 0 saturated carbocycles. The van der Waals surface area contributed by atoms with Crippen molar-refractivity contribution in [2.24, 2.45) is 0 Å². The molecule has 0 fully saturated rings. The Morgan fingerprint density at radius 2 is 1.50 bits per heavy atom. The molecule has 7 rings (SSSR count). The lowest BCUT2D eigenvalue weighted by Gasteiger charge is -2.36. The monoisotopic (exact) mass is 749 g/mol. The molecule has 5 N–H and O–H groups in total. The molecule has 0 aromatic heterocycles. The van der Waals surface area contributed by atoms with Gasteiger partial charge in [-0.25, -0.2) is 9.59 Å². The van der Waals surface area contributed by atoms with E-state index in [1.807, 2.05) is 13.8 Å². The van der Waals surface area contributed by atoms with E-state index in [1.54, 1.807) is 66.7 Å². The maximum Gasteiger partial charge on any atom is 0.513 e. The van der Waals surface area contributed by atoms with Crippen molar-refractivity contribution in [3.05, 3.63) is 119 Å². The van der Waals surface area contributed by atoms with Crippen LogP contribution in [0.4, 0.5) is 10.5 Å². The molecule has 5 aromatic carbocycles. The number of phenols is 2. The molecule has 0 bridgehead atoms. The lowest BCUT2D eigenvalue weighted by atomic mass is 9.77. The van der Waals surface area contributed by atoms with Crippen LogP contribution in [0.3, 0.4) is 0 Å². The molecule has 0 atom stereocenters. The fourth-order valence-corrected chi connectivity index (χ4v) is 6.60. The van der Waals surface area contributed by atoms with Crippen LogP contribution >= 0.6 is 12.2 Å². The van der Waals surface area contributed by atoms with Crippen molar-refractivity contribution < 1.29 is 48.3 Å². The highest BCUT2D eigenvalue weighted by atomic mass is 32.1. The molecule has 14 heteroatoms. The number of carbonyl (C=O) groups is 3. The Bertz CT molecular complexity index is 2260. The number of thiocarbonyl (C=S) groups is 1. The van der Waals surface area contributed by atoms with E-state index in [9.17, 15) is 24.6 Å². The quantitative estimate of drug-likeness (QED) is 0.0455. The first-order valence-electron chi connectivity index (χ1n) is 17.0. The fourth-order valence-electron chi connectivity index (χ4n) is 6.38. The van der Waals surface area contributed by atoms with Gasteiger partial charge in [0.1, 0.15) is 35.4 Å². The second-order valence-electron chi connectivity index (χ2n) is 12.8. The van der Waals surface area contributed by atoms with Crippen molar-refractivity contribution in [2.45, 2.75) is 25.5 Å². The highest BCUT2D eigenvalue weighted by Gasteiger charge is 2.53. The van der Waals surface area contributed by atoms with E-state index >= 15 is 0 Å². The molecule has 0 radical (unpaired) electrons. The van der Waals surface area contributed by atoms with Crippen LogP contribution in [-0.4, -0.2) is 65.8 Å². The molecule has 0 unspecified atom stereocenters. The largest absolute Gasteiger partial charge is 0.513 e. The van der Waals surface area contributed by atoms with Crippen molar-refractivity contribution in [2.75, 3.05) is 31.7 Å². The van der Waals surface area contributed by atoms with E-state index in [2.05, 4.69) is 16.0 Å². The molecule has 0 aliphatic carbocycles. The van der Waals surface area contributed by atoms with Gasteiger partial charge in [-0.15, -0.1) is 0 Å². The number of aromatic hydroxyl groups is 2. The van der Waals surface area contributed by atoms with Crippen molar-refractivity contribution in [1.29, 1.82) is 0 Å². The standard InChI is InChI=1S/C40H35N3O10S/c1-22(2)42-36(46)25-4-3-24-18-29(9-5-23(24)17-25)51-39(48)50-16-15-49-14-13-41-38(54)43-26-6-10-31-30(19-26)37(47)53-40(31)32-11-7-27(44)20-34(32)52-35-21-28(45)8-12-33(35)40/h3-12,17-22,44-45H,13-16H2,1-2H3,(H,42,46)(H2,41,43,54). The zero-order valence-corrected chi connectivity index (χ0v) is 30.0. The number of ether oxygens (including phenoxy) is 5. The number of esters is 1. The zero-order valence-electron chi connectivity index (χ0n) is 29.1. The number of anilines is 1. The zero-order chi connectivity index (χ0) is 38.0. The highest BCUT2D eigenvalue weighted by Crippen LogP contribution is 2.57. The van der Waals surface area contributed by atoms with Crippen molar-refractivity contribution in [3.63, 3.8) is 0 Å². The Hall–Kier alpha value is -6.38. The summed E-state index contributed by atoms with van der Waals surface area (Å²) in [7, 11) is 0. The number of benzene rings is 5. The number of amides is 1.